The first kappa shape index (κ1) is 14.9. The second kappa shape index (κ2) is 7.81. The van der Waals surface area contributed by atoms with E-state index >= 15 is 0 Å². The number of hydrogen-bond donors (Lipinski definition) is 0. The third-order valence-corrected chi connectivity index (χ3v) is 4.74. The van der Waals surface area contributed by atoms with Crippen LogP contribution in [-0.4, -0.2) is 44.4 Å². The quantitative estimate of drug-likeness (QED) is 0.829. The molecule has 21 heavy (non-hydrogen) atoms. The summed E-state index contributed by atoms with van der Waals surface area (Å²) in [5.74, 6) is 1.78. The largest absolute Gasteiger partial charge is 0.492 e. The van der Waals surface area contributed by atoms with Crippen molar-refractivity contribution in [3.8, 4) is 5.75 Å². The molecule has 3 rings (SSSR count). The van der Waals surface area contributed by atoms with Gasteiger partial charge in [-0.3, -0.25) is 4.90 Å². The minimum Gasteiger partial charge on any atom is -0.492 e. The van der Waals surface area contributed by atoms with Crippen molar-refractivity contribution in [2.45, 2.75) is 38.0 Å². The predicted octanol–water partition coefficient (Wildman–Crippen LogP) is 3.45. The molecule has 1 aromatic rings. The molecular formula is C18H27NO2. The summed E-state index contributed by atoms with van der Waals surface area (Å²) in [4.78, 5) is 2.40. The van der Waals surface area contributed by atoms with Gasteiger partial charge in [0.1, 0.15) is 12.4 Å². The normalized spacial score (nSPS) is 21.3. The highest BCUT2D eigenvalue weighted by molar-refractivity contribution is 5.29. The van der Waals surface area contributed by atoms with Crippen LogP contribution in [0.25, 0.3) is 0 Å². The zero-order chi connectivity index (χ0) is 14.3. The summed E-state index contributed by atoms with van der Waals surface area (Å²) >= 11 is 0. The minimum atomic E-state index is 0.767. The lowest BCUT2D eigenvalue weighted by Gasteiger charge is -2.26. The van der Waals surface area contributed by atoms with Crippen molar-refractivity contribution in [3.05, 3.63) is 29.8 Å². The maximum Gasteiger partial charge on any atom is 0.119 e. The maximum absolute atomic E-state index is 5.87. The molecule has 0 radical (unpaired) electrons. The average Bonchev–Trinajstić information content (AvgIpc) is 2.57. The number of benzene rings is 1. The van der Waals surface area contributed by atoms with Crippen molar-refractivity contribution in [2.24, 2.45) is 0 Å². The molecule has 3 heteroatoms. The van der Waals surface area contributed by atoms with Crippen LogP contribution in [0, 0.1) is 0 Å². The van der Waals surface area contributed by atoms with Gasteiger partial charge in [-0.2, -0.15) is 0 Å². The average molecular weight is 289 g/mol. The van der Waals surface area contributed by atoms with Crippen molar-refractivity contribution in [3.63, 3.8) is 0 Å². The summed E-state index contributed by atoms with van der Waals surface area (Å²) in [7, 11) is 0. The third-order valence-electron chi connectivity index (χ3n) is 4.74. The summed E-state index contributed by atoms with van der Waals surface area (Å²) in [6.07, 6.45) is 6.92. The van der Waals surface area contributed by atoms with Gasteiger partial charge in [-0.25, -0.2) is 0 Å². The SMILES string of the molecule is c1cc(C2CCCCC2)ccc1OCCN1CCOCC1. The summed E-state index contributed by atoms with van der Waals surface area (Å²) in [5.41, 5.74) is 1.50. The fourth-order valence-corrected chi connectivity index (χ4v) is 3.39. The summed E-state index contributed by atoms with van der Waals surface area (Å²) in [6, 6.07) is 8.81. The second-order valence-corrected chi connectivity index (χ2v) is 6.21. The first-order valence-electron chi connectivity index (χ1n) is 8.45. The predicted molar refractivity (Wildman–Crippen MR) is 85.0 cm³/mol. The zero-order valence-electron chi connectivity index (χ0n) is 12.9. The molecule has 1 aliphatic heterocycles. The van der Waals surface area contributed by atoms with Crippen molar-refractivity contribution in [2.75, 3.05) is 39.5 Å². The smallest absolute Gasteiger partial charge is 0.119 e. The highest BCUT2D eigenvalue weighted by Crippen LogP contribution is 2.33. The van der Waals surface area contributed by atoms with E-state index in [1.165, 1.54) is 37.7 Å². The Kier molecular flexibility index (Phi) is 5.53. The van der Waals surface area contributed by atoms with Gasteiger partial charge in [-0.1, -0.05) is 31.4 Å². The third kappa shape index (κ3) is 4.45. The van der Waals surface area contributed by atoms with Gasteiger partial charge >= 0.3 is 0 Å². The molecule has 0 atom stereocenters. The molecule has 0 spiro atoms. The lowest BCUT2D eigenvalue weighted by molar-refractivity contribution is 0.0322. The Bertz CT molecular complexity index is 406. The van der Waals surface area contributed by atoms with Gasteiger partial charge in [-0.05, 0) is 36.5 Å². The second-order valence-electron chi connectivity index (χ2n) is 6.21. The van der Waals surface area contributed by atoms with Gasteiger partial charge in [0, 0.05) is 19.6 Å². The Morgan fingerprint density at radius 1 is 1.00 bits per heavy atom. The zero-order valence-corrected chi connectivity index (χ0v) is 12.9. The molecule has 0 amide bonds. The summed E-state index contributed by atoms with van der Waals surface area (Å²) in [5, 5.41) is 0. The molecular weight excluding hydrogens is 262 g/mol. The molecule has 2 aliphatic rings. The molecule has 0 aromatic heterocycles. The summed E-state index contributed by atoms with van der Waals surface area (Å²) in [6.45, 7) is 5.54. The highest BCUT2D eigenvalue weighted by atomic mass is 16.5. The van der Waals surface area contributed by atoms with Crippen LogP contribution < -0.4 is 4.74 Å². The molecule has 2 fully saturated rings. The van der Waals surface area contributed by atoms with Crippen LogP contribution in [0.3, 0.4) is 0 Å². The van der Waals surface area contributed by atoms with Crippen LogP contribution in [0.4, 0.5) is 0 Å². The first-order chi connectivity index (χ1) is 10.4. The summed E-state index contributed by atoms with van der Waals surface area (Å²) < 4.78 is 11.2. The first-order valence-corrected chi connectivity index (χ1v) is 8.45. The Hall–Kier alpha value is -1.06. The molecule has 1 aliphatic carbocycles. The molecule has 1 heterocycles. The number of nitrogens with zero attached hydrogens (tertiary/aromatic N) is 1. The molecule has 0 N–H and O–H groups in total. The van der Waals surface area contributed by atoms with Crippen LogP contribution in [0.1, 0.15) is 43.6 Å². The molecule has 1 saturated heterocycles. The minimum absolute atomic E-state index is 0.767. The Morgan fingerprint density at radius 3 is 2.43 bits per heavy atom. The van der Waals surface area contributed by atoms with Gasteiger partial charge in [0.25, 0.3) is 0 Å². The topological polar surface area (TPSA) is 21.7 Å². The maximum atomic E-state index is 5.87. The van der Waals surface area contributed by atoms with Crippen molar-refractivity contribution >= 4 is 0 Å². The fraction of sp³-hybridized carbons (Fsp3) is 0.667. The standard InChI is InChI=1S/C18H27NO2/c1-2-4-16(5-3-1)17-6-8-18(9-7-17)21-15-12-19-10-13-20-14-11-19/h6-9,16H,1-5,10-15H2. The van der Waals surface area contributed by atoms with Gasteiger partial charge < -0.3 is 9.47 Å². The number of ether oxygens (including phenoxy) is 2. The van der Waals surface area contributed by atoms with Crippen LogP contribution in [0.15, 0.2) is 24.3 Å². The van der Waals surface area contributed by atoms with E-state index in [1.54, 1.807) is 0 Å². The van der Waals surface area contributed by atoms with E-state index in [2.05, 4.69) is 29.2 Å². The molecule has 0 bridgehead atoms. The van der Waals surface area contributed by atoms with Crippen LogP contribution in [0.2, 0.25) is 0 Å². The van der Waals surface area contributed by atoms with Crippen molar-refractivity contribution in [1.82, 2.24) is 4.90 Å². The Morgan fingerprint density at radius 2 is 1.71 bits per heavy atom. The van der Waals surface area contributed by atoms with Crippen LogP contribution in [0.5, 0.6) is 5.75 Å². The van der Waals surface area contributed by atoms with E-state index in [9.17, 15) is 0 Å². The number of morpholine rings is 1. The fourth-order valence-electron chi connectivity index (χ4n) is 3.39. The molecule has 0 unspecified atom stereocenters. The van der Waals surface area contributed by atoms with Crippen molar-refractivity contribution in [1.29, 1.82) is 0 Å². The van der Waals surface area contributed by atoms with E-state index in [1.807, 2.05) is 0 Å². The molecule has 1 aromatic carbocycles. The van der Waals surface area contributed by atoms with Crippen molar-refractivity contribution < 1.29 is 9.47 Å². The Labute approximate surface area is 128 Å². The lowest BCUT2D eigenvalue weighted by atomic mass is 9.84. The van der Waals surface area contributed by atoms with E-state index in [0.29, 0.717) is 0 Å². The number of hydrogen-bond acceptors (Lipinski definition) is 3. The van der Waals surface area contributed by atoms with Gasteiger partial charge in [0.05, 0.1) is 13.2 Å². The highest BCUT2D eigenvalue weighted by Gasteiger charge is 2.15. The Balaban J connectivity index is 1.43. The molecule has 3 nitrogen and oxygen atoms in total. The van der Waals surface area contributed by atoms with Gasteiger partial charge in [0.15, 0.2) is 0 Å². The van der Waals surface area contributed by atoms with E-state index in [-0.39, 0.29) is 0 Å². The van der Waals surface area contributed by atoms with Gasteiger partial charge in [-0.15, -0.1) is 0 Å². The lowest BCUT2D eigenvalue weighted by Crippen LogP contribution is -2.38. The van der Waals surface area contributed by atoms with Crippen LogP contribution in [-0.2, 0) is 4.74 Å². The monoisotopic (exact) mass is 289 g/mol. The van der Waals surface area contributed by atoms with E-state index in [4.69, 9.17) is 9.47 Å². The number of rotatable bonds is 5. The van der Waals surface area contributed by atoms with E-state index < -0.39 is 0 Å². The molecule has 116 valence electrons. The van der Waals surface area contributed by atoms with E-state index in [0.717, 1.165) is 51.1 Å². The van der Waals surface area contributed by atoms with Crippen LogP contribution >= 0.6 is 0 Å². The molecule has 1 saturated carbocycles. The van der Waals surface area contributed by atoms with Gasteiger partial charge in [0.2, 0.25) is 0 Å².